The highest BCUT2D eigenvalue weighted by Crippen LogP contribution is 2.33. The summed E-state index contributed by atoms with van der Waals surface area (Å²) in [6, 6.07) is 19.8. The number of aryl methyl sites for hydroxylation is 2. The van der Waals surface area contributed by atoms with Crippen LogP contribution in [0.2, 0.25) is 0 Å². The van der Waals surface area contributed by atoms with Crippen molar-refractivity contribution in [2.75, 3.05) is 7.11 Å². The predicted octanol–water partition coefficient (Wildman–Crippen LogP) is 6.77. The molecule has 2 aromatic carbocycles. The van der Waals surface area contributed by atoms with Gasteiger partial charge in [0.2, 0.25) is 5.78 Å². The molecule has 5 aromatic rings. The van der Waals surface area contributed by atoms with E-state index in [-0.39, 0.29) is 11.5 Å². The van der Waals surface area contributed by atoms with Gasteiger partial charge < -0.3 is 9.30 Å². The molecule has 0 N–H and O–H groups in total. The van der Waals surface area contributed by atoms with Crippen molar-refractivity contribution >= 4 is 21.7 Å². The number of imidazole rings is 1. The Bertz CT molecular complexity index is 1510. The number of aromatic nitrogens is 4. The summed E-state index contributed by atoms with van der Waals surface area (Å²) in [4.78, 5) is 25.0. The Kier molecular flexibility index (Phi) is 8.20. The molecular weight excluding hydrogens is 535 g/mol. The van der Waals surface area contributed by atoms with Crippen LogP contribution >= 0.6 is 15.9 Å². The van der Waals surface area contributed by atoms with Gasteiger partial charge in [-0.15, -0.1) is 0 Å². The zero-order chi connectivity index (χ0) is 26.4. The number of carbonyl (C=O) groups excluding carboxylic acids is 1. The van der Waals surface area contributed by atoms with Crippen molar-refractivity contribution in [2.24, 2.45) is 0 Å². The van der Waals surface area contributed by atoms with Gasteiger partial charge >= 0.3 is 0 Å². The normalized spacial score (nSPS) is 10.4. The van der Waals surface area contributed by atoms with Crippen molar-refractivity contribution in [2.45, 2.75) is 13.8 Å². The highest BCUT2D eigenvalue weighted by Gasteiger charge is 2.15. The van der Waals surface area contributed by atoms with Crippen LogP contribution in [0.15, 0.2) is 96.3 Å². The molecule has 0 atom stereocenters. The second-order valence-electron chi connectivity index (χ2n) is 8.20. The van der Waals surface area contributed by atoms with Crippen molar-refractivity contribution in [3.63, 3.8) is 0 Å². The Morgan fingerprint density at radius 1 is 0.946 bits per heavy atom. The van der Waals surface area contributed by atoms with Gasteiger partial charge in [0.05, 0.1) is 7.11 Å². The van der Waals surface area contributed by atoms with E-state index >= 15 is 0 Å². The fourth-order valence-electron chi connectivity index (χ4n) is 3.56. The van der Waals surface area contributed by atoms with Crippen LogP contribution in [0.1, 0.15) is 27.3 Å². The van der Waals surface area contributed by atoms with E-state index in [4.69, 9.17) is 4.74 Å². The van der Waals surface area contributed by atoms with E-state index in [2.05, 4.69) is 30.9 Å². The number of ketones is 1. The van der Waals surface area contributed by atoms with E-state index in [1.807, 2.05) is 56.3 Å². The zero-order valence-corrected chi connectivity index (χ0v) is 22.1. The minimum Gasteiger partial charge on any atom is -0.493 e. The molecule has 0 fully saturated rings. The molecule has 0 saturated carbocycles. The maximum Gasteiger partial charge on any atom is 0.231 e. The van der Waals surface area contributed by atoms with E-state index < -0.39 is 5.82 Å². The lowest BCUT2D eigenvalue weighted by Gasteiger charge is -2.11. The zero-order valence-electron chi connectivity index (χ0n) is 20.5. The van der Waals surface area contributed by atoms with Crippen LogP contribution in [0, 0.1) is 19.7 Å². The summed E-state index contributed by atoms with van der Waals surface area (Å²) in [5.41, 5.74) is 5.03. The van der Waals surface area contributed by atoms with Gasteiger partial charge in [-0.05, 0) is 76.8 Å². The maximum atomic E-state index is 14.1. The Morgan fingerprint density at radius 2 is 1.76 bits per heavy atom. The van der Waals surface area contributed by atoms with Gasteiger partial charge in [0.25, 0.3) is 0 Å². The minimum atomic E-state index is -0.420. The van der Waals surface area contributed by atoms with E-state index in [1.165, 1.54) is 18.7 Å². The van der Waals surface area contributed by atoms with Gasteiger partial charge in [0.15, 0.2) is 11.6 Å². The quantitative estimate of drug-likeness (QED) is 0.176. The smallest absolute Gasteiger partial charge is 0.231 e. The molecule has 6 nitrogen and oxygen atoms in total. The van der Waals surface area contributed by atoms with Crippen molar-refractivity contribution in [1.82, 2.24) is 19.5 Å². The molecule has 0 radical (unpaired) electrons. The van der Waals surface area contributed by atoms with Crippen LogP contribution in [0.3, 0.4) is 0 Å². The first-order valence-electron chi connectivity index (χ1n) is 11.4. The van der Waals surface area contributed by atoms with Crippen LogP contribution < -0.4 is 4.74 Å². The van der Waals surface area contributed by atoms with Gasteiger partial charge in [-0.1, -0.05) is 36.4 Å². The number of methoxy groups -OCH3 is 1. The monoisotopic (exact) mass is 558 g/mol. The van der Waals surface area contributed by atoms with E-state index in [0.29, 0.717) is 17.0 Å². The fourth-order valence-corrected chi connectivity index (χ4v) is 3.81. The molecule has 0 unspecified atom stereocenters. The van der Waals surface area contributed by atoms with E-state index in [0.717, 1.165) is 21.4 Å². The van der Waals surface area contributed by atoms with Crippen LogP contribution in [-0.2, 0) is 0 Å². The van der Waals surface area contributed by atoms with E-state index in [9.17, 15) is 9.18 Å². The summed E-state index contributed by atoms with van der Waals surface area (Å²) in [7, 11) is 1.44. The lowest BCUT2D eigenvalue weighted by molar-refractivity contribution is 0.103. The van der Waals surface area contributed by atoms with Crippen LogP contribution in [0.25, 0.3) is 16.8 Å². The van der Waals surface area contributed by atoms with E-state index in [1.54, 1.807) is 47.7 Å². The van der Waals surface area contributed by atoms with Gasteiger partial charge in [0.1, 0.15) is 22.3 Å². The summed E-state index contributed by atoms with van der Waals surface area (Å²) in [5.74, 6) is -0.472. The predicted molar refractivity (Wildman–Crippen MR) is 145 cm³/mol. The Balaban J connectivity index is 0.000000342. The number of pyridine rings is 2. The number of hydrogen-bond acceptors (Lipinski definition) is 5. The number of hydrogen-bond donors (Lipinski definition) is 0. The van der Waals surface area contributed by atoms with Crippen LogP contribution in [0.5, 0.6) is 5.75 Å². The molecular formula is C29H24BrFN4O2. The molecule has 0 aliphatic carbocycles. The first kappa shape index (κ1) is 25.9. The summed E-state index contributed by atoms with van der Waals surface area (Å²) in [6.07, 6.45) is 6.65. The molecule has 0 amide bonds. The summed E-state index contributed by atoms with van der Waals surface area (Å²) >= 11 is 3.28. The van der Waals surface area contributed by atoms with Crippen molar-refractivity contribution in [1.29, 1.82) is 0 Å². The summed E-state index contributed by atoms with van der Waals surface area (Å²) < 4.78 is 22.0. The molecule has 37 heavy (non-hydrogen) atoms. The van der Waals surface area contributed by atoms with Gasteiger partial charge in [-0.3, -0.25) is 9.78 Å². The molecule has 0 bridgehead atoms. The molecule has 186 valence electrons. The summed E-state index contributed by atoms with van der Waals surface area (Å²) in [6.45, 7) is 3.92. The highest BCUT2D eigenvalue weighted by molar-refractivity contribution is 9.10. The fraction of sp³-hybridized carbons (Fsp3) is 0.103. The van der Waals surface area contributed by atoms with Gasteiger partial charge in [0, 0.05) is 29.8 Å². The summed E-state index contributed by atoms with van der Waals surface area (Å²) in [5, 5.41) is 0. The molecule has 0 aliphatic heterocycles. The average Bonchev–Trinajstić information content (AvgIpc) is 3.41. The number of carbonyl (C=O) groups is 1. The second-order valence-corrected chi connectivity index (χ2v) is 8.95. The lowest BCUT2D eigenvalue weighted by Crippen LogP contribution is -2.04. The number of ether oxygens (including phenoxy) is 1. The largest absolute Gasteiger partial charge is 0.493 e. The molecule has 3 aromatic heterocycles. The highest BCUT2D eigenvalue weighted by atomic mass is 79.9. The first-order chi connectivity index (χ1) is 17.9. The molecule has 0 spiro atoms. The maximum absolute atomic E-state index is 14.1. The van der Waals surface area contributed by atoms with Gasteiger partial charge in [-0.25, -0.2) is 14.4 Å². The number of benzene rings is 2. The van der Waals surface area contributed by atoms with Crippen LogP contribution in [-0.4, -0.2) is 32.4 Å². The Morgan fingerprint density at radius 3 is 2.43 bits per heavy atom. The molecule has 8 heteroatoms. The SMILES string of the molecule is COc1c(F)cccc1-c1cccc(-n2cnc(C(=O)c3ccc(C)cn3)c2)c1.Cc1cccnc1Br. The topological polar surface area (TPSA) is 69.9 Å². The number of nitrogens with zero attached hydrogens (tertiary/aromatic N) is 4. The number of para-hydroxylation sites is 1. The molecule has 3 heterocycles. The first-order valence-corrected chi connectivity index (χ1v) is 12.2. The van der Waals surface area contributed by atoms with Crippen molar-refractivity contribution in [3.05, 3.63) is 125 Å². The van der Waals surface area contributed by atoms with Gasteiger partial charge in [-0.2, -0.15) is 0 Å². The third-order valence-electron chi connectivity index (χ3n) is 5.53. The third-order valence-corrected chi connectivity index (χ3v) is 6.36. The molecule has 0 aliphatic rings. The molecule has 5 rings (SSSR count). The number of halogens is 2. The Labute approximate surface area is 223 Å². The third kappa shape index (κ3) is 6.16. The second kappa shape index (κ2) is 11.7. The minimum absolute atomic E-state index is 0.191. The van der Waals surface area contributed by atoms with Crippen LogP contribution in [0.4, 0.5) is 4.39 Å². The average molecular weight is 559 g/mol. The van der Waals surface area contributed by atoms with Crippen molar-refractivity contribution < 1.29 is 13.9 Å². The standard InChI is InChI=1S/C23H18FN3O2.C6H6BrN/c1-15-9-10-20(25-12-15)22(28)21-13-27(14-26-21)17-6-3-5-16(11-17)18-7-4-8-19(24)23(18)29-2;1-5-3-2-4-8-6(5)7/h3-14H,1-2H3;2-4H,1H3. The Hall–Kier alpha value is -4.17. The number of rotatable bonds is 5. The lowest BCUT2D eigenvalue weighted by atomic mass is 10.0. The van der Waals surface area contributed by atoms with Crippen molar-refractivity contribution in [3.8, 4) is 22.6 Å². The molecule has 0 saturated heterocycles.